The van der Waals surface area contributed by atoms with Crippen LogP contribution in [-0.4, -0.2) is 36.1 Å². The maximum Gasteiger partial charge on any atom is 0.321 e. The molecule has 1 aliphatic rings. The molecule has 1 heterocycles. The predicted molar refractivity (Wildman–Crippen MR) is 67.8 cm³/mol. The number of anilines is 1. The number of amides is 1. The largest absolute Gasteiger partial charge is 0.468 e. The molecule has 0 aromatic heterocycles. The normalized spacial score (nSPS) is 15.3. The van der Waals surface area contributed by atoms with Crippen LogP contribution in [0.2, 0.25) is 0 Å². The molecule has 1 aromatic rings. The van der Waals surface area contributed by atoms with E-state index in [1.165, 1.54) is 0 Å². The number of rotatable bonds is 3. The van der Waals surface area contributed by atoms with Crippen molar-refractivity contribution >= 4 is 39.3 Å². The number of fused-ring (bicyclic) bond motifs is 1. The third-order valence-electron chi connectivity index (χ3n) is 2.78. The monoisotopic (exact) mass is 347 g/mol. The van der Waals surface area contributed by atoms with Crippen LogP contribution in [0.5, 0.6) is 0 Å². The minimum absolute atomic E-state index is 0.299. The van der Waals surface area contributed by atoms with Gasteiger partial charge < -0.3 is 9.64 Å². The van der Waals surface area contributed by atoms with Gasteiger partial charge in [-0.25, -0.2) is 8.78 Å². The van der Waals surface area contributed by atoms with E-state index in [9.17, 15) is 23.2 Å². The molecule has 2 rings (SSSR count). The van der Waals surface area contributed by atoms with E-state index in [2.05, 4.69) is 20.7 Å². The lowest BCUT2D eigenvalue weighted by molar-refractivity contribution is -0.139. The molecule has 0 N–H and O–H groups in total. The van der Waals surface area contributed by atoms with E-state index in [1.54, 1.807) is 0 Å². The summed E-state index contributed by atoms with van der Waals surface area (Å²) in [5.74, 6) is -4.70. The van der Waals surface area contributed by atoms with E-state index in [4.69, 9.17) is 0 Å². The first-order valence-electron chi connectivity index (χ1n) is 5.44. The molecule has 8 heteroatoms. The van der Waals surface area contributed by atoms with E-state index in [0.717, 1.165) is 18.1 Å². The van der Waals surface area contributed by atoms with Gasteiger partial charge in [-0.05, 0) is 6.07 Å². The third kappa shape index (κ3) is 2.31. The van der Waals surface area contributed by atoms with E-state index < -0.39 is 34.1 Å². The number of hydrogen-bond acceptors (Lipinski definition) is 4. The second kappa shape index (κ2) is 5.28. The van der Waals surface area contributed by atoms with Gasteiger partial charge in [0, 0.05) is 12.6 Å². The first-order valence-corrected chi connectivity index (χ1v) is 6.35. The maximum absolute atomic E-state index is 13.8. The number of ketones is 1. The van der Waals surface area contributed by atoms with Crippen LogP contribution in [0.15, 0.2) is 12.1 Å². The van der Waals surface area contributed by atoms with Gasteiger partial charge in [-0.15, -0.1) is 0 Å². The van der Waals surface area contributed by atoms with Gasteiger partial charge in [-0.3, -0.25) is 14.4 Å². The number of methoxy groups -OCH3 is 1. The Balaban J connectivity index is 2.41. The van der Waals surface area contributed by atoms with Crippen LogP contribution in [0.3, 0.4) is 0 Å². The highest BCUT2D eigenvalue weighted by Crippen LogP contribution is 2.33. The lowest BCUT2D eigenvalue weighted by Crippen LogP contribution is -2.38. The van der Waals surface area contributed by atoms with Gasteiger partial charge in [0.15, 0.2) is 5.82 Å². The van der Waals surface area contributed by atoms with E-state index in [-0.39, 0.29) is 17.8 Å². The molecule has 5 nitrogen and oxygen atoms in total. The van der Waals surface area contributed by atoms with E-state index in [1.807, 2.05) is 0 Å². The highest BCUT2D eigenvalue weighted by Gasteiger charge is 2.40. The van der Waals surface area contributed by atoms with Crippen molar-refractivity contribution in [2.45, 2.75) is 4.83 Å². The number of hydrogen-bond donors (Lipinski definition) is 0. The Morgan fingerprint density at radius 3 is 2.65 bits per heavy atom. The van der Waals surface area contributed by atoms with Gasteiger partial charge in [0.25, 0.3) is 11.7 Å². The number of nitrogens with zero attached hydrogens (tertiary/aromatic N) is 1. The number of benzene rings is 1. The zero-order chi connectivity index (χ0) is 15.0. The molecule has 20 heavy (non-hydrogen) atoms. The number of halogens is 3. The molecule has 0 fully saturated rings. The molecule has 1 unspecified atom stereocenters. The van der Waals surface area contributed by atoms with Gasteiger partial charge in [0.1, 0.15) is 10.6 Å². The number of alkyl halides is 1. The van der Waals surface area contributed by atoms with Crippen molar-refractivity contribution in [3.05, 3.63) is 29.3 Å². The highest BCUT2D eigenvalue weighted by atomic mass is 79.9. The summed E-state index contributed by atoms with van der Waals surface area (Å²) < 4.78 is 31.3. The van der Waals surface area contributed by atoms with Crippen LogP contribution in [0, 0.1) is 11.6 Å². The standard InChI is InChI=1S/C12H8BrF2NO4/c1-20-12(19)7(13)4-16-9-6(10(17)11(16)18)2-5(14)3-8(9)15/h2-3,7H,4H2,1H3. The predicted octanol–water partition coefficient (Wildman–Crippen LogP) is 1.43. The average molecular weight is 348 g/mol. The molecule has 106 valence electrons. The summed E-state index contributed by atoms with van der Waals surface area (Å²) in [5.41, 5.74) is -0.674. The van der Waals surface area contributed by atoms with Crippen molar-refractivity contribution in [1.82, 2.24) is 0 Å². The number of carbonyl (C=O) groups excluding carboxylic acids is 3. The first-order chi connectivity index (χ1) is 9.36. The van der Waals surface area contributed by atoms with Crippen molar-refractivity contribution < 1.29 is 27.9 Å². The van der Waals surface area contributed by atoms with Crippen molar-refractivity contribution in [1.29, 1.82) is 0 Å². The van der Waals surface area contributed by atoms with Gasteiger partial charge >= 0.3 is 5.97 Å². The summed E-state index contributed by atoms with van der Waals surface area (Å²) in [6.45, 7) is -0.299. The zero-order valence-electron chi connectivity index (χ0n) is 10.2. The molecule has 1 atom stereocenters. The van der Waals surface area contributed by atoms with Gasteiger partial charge in [0.05, 0.1) is 18.4 Å². The van der Waals surface area contributed by atoms with Crippen LogP contribution in [-0.2, 0) is 14.3 Å². The van der Waals surface area contributed by atoms with Gasteiger partial charge in [-0.1, -0.05) is 15.9 Å². The lowest BCUT2D eigenvalue weighted by atomic mass is 10.1. The number of Topliss-reactive ketones (excluding diaryl/α,β-unsaturated/α-hetero) is 1. The molecular formula is C12H8BrF2NO4. The number of carbonyl (C=O) groups is 3. The topological polar surface area (TPSA) is 63.7 Å². The summed E-state index contributed by atoms with van der Waals surface area (Å²) in [4.78, 5) is 34.6. The van der Waals surface area contributed by atoms with Crippen molar-refractivity contribution in [2.24, 2.45) is 0 Å². The number of ether oxygens (including phenoxy) is 1. The van der Waals surface area contributed by atoms with Crippen LogP contribution >= 0.6 is 15.9 Å². The fourth-order valence-corrected chi connectivity index (χ4v) is 2.37. The Morgan fingerprint density at radius 2 is 2.05 bits per heavy atom. The summed E-state index contributed by atoms with van der Waals surface area (Å²) in [5, 5.41) is 0. The van der Waals surface area contributed by atoms with Crippen molar-refractivity contribution in [3.8, 4) is 0 Å². The van der Waals surface area contributed by atoms with Crippen LogP contribution in [0.1, 0.15) is 10.4 Å². The van der Waals surface area contributed by atoms with E-state index in [0.29, 0.717) is 6.07 Å². The zero-order valence-corrected chi connectivity index (χ0v) is 11.7. The Morgan fingerprint density at radius 1 is 1.40 bits per heavy atom. The molecule has 1 amide bonds. The molecule has 0 bridgehead atoms. The molecule has 0 spiro atoms. The van der Waals surface area contributed by atoms with Crippen molar-refractivity contribution in [3.63, 3.8) is 0 Å². The summed E-state index contributed by atoms with van der Waals surface area (Å²) in [7, 11) is 1.15. The molecule has 0 saturated carbocycles. The molecule has 1 aromatic carbocycles. The minimum atomic E-state index is -1.04. The fraction of sp³-hybridized carbons (Fsp3) is 0.250. The summed E-state index contributed by atoms with van der Waals surface area (Å²) >= 11 is 2.98. The Bertz CT molecular complexity index is 620. The second-order valence-corrected chi connectivity index (χ2v) is 5.12. The molecule has 0 aliphatic carbocycles. The third-order valence-corrected chi connectivity index (χ3v) is 3.45. The van der Waals surface area contributed by atoms with Crippen LogP contribution in [0.4, 0.5) is 14.5 Å². The molecular weight excluding hydrogens is 340 g/mol. The maximum atomic E-state index is 13.8. The highest BCUT2D eigenvalue weighted by molar-refractivity contribution is 9.10. The SMILES string of the molecule is COC(=O)C(Br)CN1C(=O)C(=O)c2cc(F)cc(F)c21. The summed E-state index contributed by atoms with van der Waals surface area (Å²) in [6.07, 6.45) is 0. The molecule has 1 aliphatic heterocycles. The average Bonchev–Trinajstić information content (AvgIpc) is 2.63. The number of esters is 1. The first kappa shape index (κ1) is 14.6. The summed E-state index contributed by atoms with van der Waals surface area (Å²) in [6, 6.07) is 1.36. The van der Waals surface area contributed by atoms with Gasteiger partial charge in [0.2, 0.25) is 0 Å². The molecule has 0 radical (unpaired) electrons. The smallest absolute Gasteiger partial charge is 0.321 e. The van der Waals surface area contributed by atoms with Crippen molar-refractivity contribution in [2.75, 3.05) is 18.6 Å². The lowest BCUT2D eigenvalue weighted by Gasteiger charge is -2.19. The Kier molecular flexibility index (Phi) is 3.85. The fourth-order valence-electron chi connectivity index (χ4n) is 1.89. The second-order valence-electron chi connectivity index (χ2n) is 4.02. The minimum Gasteiger partial charge on any atom is -0.468 e. The van der Waals surface area contributed by atoms with Crippen LogP contribution < -0.4 is 4.90 Å². The van der Waals surface area contributed by atoms with E-state index >= 15 is 0 Å². The quantitative estimate of drug-likeness (QED) is 0.471. The Labute approximate surface area is 120 Å². The van der Waals surface area contributed by atoms with Gasteiger partial charge in [-0.2, -0.15) is 0 Å². The molecule has 0 saturated heterocycles. The van der Waals surface area contributed by atoms with Crippen LogP contribution in [0.25, 0.3) is 0 Å². The Hall–Kier alpha value is -1.83.